The molecular weight excluding hydrogens is 452 g/mol. The number of benzene rings is 3. The van der Waals surface area contributed by atoms with E-state index in [1.54, 1.807) is 10.6 Å². The standard InChI is InChI=1S/C28H22N6O2/c1-18(32-26-20(16-29)17-31-28(30)33-26)23-15-19-9-8-14-24(36-22-12-6-3-7-13-22)25(19)27(35)34(23)21-10-4-2-5-11-21/h2-15,17-18H,1H3,(H3,30,31,32,33)/t18-/m0/s1. The lowest BCUT2D eigenvalue weighted by atomic mass is 10.1. The number of rotatable bonds is 6. The number of aromatic nitrogens is 3. The van der Waals surface area contributed by atoms with Crippen LogP contribution in [0.25, 0.3) is 16.5 Å². The molecule has 0 aliphatic carbocycles. The molecule has 0 saturated heterocycles. The molecule has 0 unspecified atom stereocenters. The Morgan fingerprint density at radius 2 is 1.75 bits per heavy atom. The van der Waals surface area contributed by atoms with Gasteiger partial charge >= 0.3 is 0 Å². The number of nitriles is 1. The van der Waals surface area contributed by atoms with Gasteiger partial charge < -0.3 is 15.8 Å². The molecule has 2 heterocycles. The molecule has 5 aromatic rings. The van der Waals surface area contributed by atoms with E-state index in [2.05, 4.69) is 21.4 Å². The van der Waals surface area contributed by atoms with Gasteiger partial charge in [-0.25, -0.2) is 4.98 Å². The molecule has 176 valence electrons. The molecule has 0 aliphatic heterocycles. The van der Waals surface area contributed by atoms with E-state index in [1.807, 2.05) is 85.8 Å². The van der Waals surface area contributed by atoms with Gasteiger partial charge in [0.25, 0.3) is 5.56 Å². The summed E-state index contributed by atoms with van der Waals surface area (Å²) >= 11 is 0. The summed E-state index contributed by atoms with van der Waals surface area (Å²) in [7, 11) is 0. The maximum atomic E-state index is 14.1. The van der Waals surface area contributed by atoms with E-state index in [4.69, 9.17) is 10.5 Å². The average Bonchev–Trinajstić information content (AvgIpc) is 2.90. The monoisotopic (exact) mass is 474 g/mol. The van der Waals surface area contributed by atoms with Crippen molar-refractivity contribution in [2.45, 2.75) is 13.0 Å². The summed E-state index contributed by atoms with van der Waals surface area (Å²) in [6, 6.07) is 27.8. The van der Waals surface area contributed by atoms with Crippen LogP contribution in [0, 0.1) is 11.3 Å². The molecule has 0 amide bonds. The topological polar surface area (TPSA) is 119 Å². The number of hydrogen-bond acceptors (Lipinski definition) is 7. The number of pyridine rings is 1. The van der Waals surface area contributed by atoms with Gasteiger partial charge in [0, 0.05) is 11.4 Å². The SMILES string of the molecule is C[C@H](Nc1nc(N)ncc1C#N)c1cc2cccc(Oc3ccccc3)c2c(=O)n1-c1ccccc1. The summed E-state index contributed by atoms with van der Waals surface area (Å²) in [5.41, 5.74) is 7.16. The largest absolute Gasteiger partial charge is 0.457 e. The minimum absolute atomic E-state index is 0.0466. The Labute approximate surface area is 207 Å². The lowest BCUT2D eigenvalue weighted by Crippen LogP contribution is -2.26. The van der Waals surface area contributed by atoms with Gasteiger partial charge in [-0.3, -0.25) is 9.36 Å². The van der Waals surface area contributed by atoms with Crippen molar-refractivity contribution in [3.8, 4) is 23.3 Å². The Morgan fingerprint density at radius 1 is 1.03 bits per heavy atom. The highest BCUT2D eigenvalue weighted by Crippen LogP contribution is 2.31. The Morgan fingerprint density at radius 3 is 2.47 bits per heavy atom. The molecule has 3 N–H and O–H groups in total. The molecule has 8 nitrogen and oxygen atoms in total. The Hall–Kier alpha value is -5.16. The predicted molar refractivity (Wildman–Crippen MR) is 139 cm³/mol. The van der Waals surface area contributed by atoms with Gasteiger partial charge in [0.2, 0.25) is 5.95 Å². The summed E-state index contributed by atoms with van der Waals surface area (Å²) in [4.78, 5) is 22.1. The predicted octanol–water partition coefficient (Wildman–Crippen LogP) is 5.20. The number of nitrogens with zero attached hydrogens (tertiary/aromatic N) is 4. The first-order valence-electron chi connectivity index (χ1n) is 11.3. The second-order valence-corrected chi connectivity index (χ2v) is 8.15. The van der Waals surface area contributed by atoms with Crippen LogP contribution in [-0.2, 0) is 0 Å². The smallest absolute Gasteiger partial charge is 0.267 e. The van der Waals surface area contributed by atoms with E-state index < -0.39 is 6.04 Å². The van der Waals surface area contributed by atoms with Crippen LogP contribution in [0.3, 0.4) is 0 Å². The van der Waals surface area contributed by atoms with Crippen LogP contribution in [0.15, 0.2) is 95.9 Å². The maximum absolute atomic E-state index is 14.1. The molecule has 2 aromatic heterocycles. The van der Waals surface area contributed by atoms with Gasteiger partial charge in [0.15, 0.2) is 0 Å². The molecular formula is C28H22N6O2. The molecule has 5 rings (SSSR count). The highest BCUT2D eigenvalue weighted by Gasteiger charge is 2.20. The van der Waals surface area contributed by atoms with Crippen LogP contribution in [-0.4, -0.2) is 14.5 Å². The summed E-state index contributed by atoms with van der Waals surface area (Å²) in [5.74, 6) is 1.45. The van der Waals surface area contributed by atoms with Crippen molar-refractivity contribution >= 4 is 22.5 Å². The van der Waals surface area contributed by atoms with Crippen LogP contribution in [0.2, 0.25) is 0 Å². The normalized spacial score (nSPS) is 11.6. The summed E-state index contributed by atoms with van der Waals surface area (Å²) in [5, 5.41) is 13.9. The Kier molecular flexibility index (Phi) is 6.03. The number of anilines is 2. The van der Waals surface area contributed by atoms with Crippen molar-refractivity contribution in [3.63, 3.8) is 0 Å². The Bertz CT molecular complexity index is 1640. The fourth-order valence-electron chi connectivity index (χ4n) is 4.08. The highest BCUT2D eigenvalue weighted by molar-refractivity contribution is 5.88. The molecule has 0 saturated carbocycles. The van der Waals surface area contributed by atoms with Gasteiger partial charge in [-0.1, -0.05) is 48.5 Å². The van der Waals surface area contributed by atoms with Gasteiger partial charge in [-0.05, 0) is 48.7 Å². The molecule has 0 bridgehead atoms. The van der Waals surface area contributed by atoms with Gasteiger partial charge in [0.05, 0.1) is 17.6 Å². The fraction of sp³-hybridized carbons (Fsp3) is 0.0714. The van der Waals surface area contributed by atoms with Crippen molar-refractivity contribution in [1.29, 1.82) is 5.26 Å². The number of ether oxygens (including phenoxy) is 1. The molecule has 0 fully saturated rings. The second-order valence-electron chi connectivity index (χ2n) is 8.15. The lowest BCUT2D eigenvalue weighted by Gasteiger charge is -2.22. The molecule has 3 aromatic carbocycles. The molecule has 36 heavy (non-hydrogen) atoms. The van der Waals surface area contributed by atoms with E-state index in [1.165, 1.54) is 6.20 Å². The van der Waals surface area contributed by atoms with Crippen LogP contribution in [0.1, 0.15) is 24.2 Å². The third-order valence-electron chi connectivity index (χ3n) is 5.75. The maximum Gasteiger partial charge on any atom is 0.267 e. The lowest BCUT2D eigenvalue weighted by molar-refractivity contribution is 0.487. The minimum Gasteiger partial charge on any atom is -0.457 e. The summed E-state index contributed by atoms with van der Waals surface area (Å²) < 4.78 is 7.75. The first kappa shape index (κ1) is 22.6. The van der Waals surface area contributed by atoms with E-state index in [-0.39, 0.29) is 17.1 Å². The molecule has 1 atom stereocenters. The third-order valence-corrected chi connectivity index (χ3v) is 5.75. The van der Waals surface area contributed by atoms with Crippen molar-refractivity contribution in [3.05, 3.63) is 113 Å². The number of nitrogen functional groups attached to an aromatic ring is 1. The number of fused-ring (bicyclic) bond motifs is 1. The first-order chi connectivity index (χ1) is 17.5. The quantitative estimate of drug-likeness (QED) is 0.347. The molecule has 8 heteroatoms. The van der Waals surface area contributed by atoms with Crippen LogP contribution < -0.4 is 21.3 Å². The highest BCUT2D eigenvalue weighted by atomic mass is 16.5. The fourth-order valence-corrected chi connectivity index (χ4v) is 4.08. The van der Waals surface area contributed by atoms with Crippen molar-refractivity contribution in [2.24, 2.45) is 0 Å². The Balaban J connectivity index is 1.69. The van der Waals surface area contributed by atoms with E-state index in [0.717, 1.165) is 5.39 Å². The van der Waals surface area contributed by atoms with Gasteiger partial charge in [0.1, 0.15) is 28.9 Å². The number of para-hydroxylation sites is 2. The average molecular weight is 475 g/mol. The van der Waals surface area contributed by atoms with E-state index >= 15 is 0 Å². The van der Waals surface area contributed by atoms with Crippen molar-refractivity contribution in [1.82, 2.24) is 14.5 Å². The zero-order chi connectivity index (χ0) is 25.1. The number of nitrogens with one attached hydrogen (secondary N) is 1. The van der Waals surface area contributed by atoms with Crippen LogP contribution >= 0.6 is 0 Å². The minimum atomic E-state index is -0.414. The summed E-state index contributed by atoms with van der Waals surface area (Å²) in [6.45, 7) is 1.89. The number of hydrogen-bond donors (Lipinski definition) is 2. The van der Waals surface area contributed by atoms with Crippen LogP contribution in [0.4, 0.5) is 11.8 Å². The second kappa shape index (κ2) is 9.60. The zero-order valence-electron chi connectivity index (χ0n) is 19.4. The van der Waals surface area contributed by atoms with Gasteiger partial charge in [-0.2, -0.15) is 10.2 Å². The number of nitrogens with two attached hydrogens (primary N) is 1. The van der Waals surface area contributed by atoms with Crippen molar-refractivity contribution < 1.29 is 4.74 Å². The first-order valence-corrected chi connectivity index (χ1v) is 11.3. The molecule has 0 radical (unpaired) electrons. The molecule has 0 aliphatic rings. The van der Waals surface area contributed by atoms with E-state index in [0.29, 0.717) is 34.1 Å². The van der Waals surface area contributed by atoms with E-state index in [9.17, 15) is 10.1 Å². The summed E-state index contributed by atoms with van der Waals surface area (Å²) in [6.07, 6.45) is 1.37. The zero-order valence-corrected chi connectivity index (χ0v) is 19.4. The van der Waals surface area contributed by atoms with Crippen LogP contribution in [0.5, 0.6) is 11.5 Å². The third kappa shape index (κ3) is 4.33. The molecule has 0 spiro atoms. The van der Waals surface area contributed by atoms with Gasteiger partial charge in [-0.15, -0.1) is 0 Å². The van der Waals surface area contributed by atoms with Crippen molar-refractivity contribution in [2.75, 3.05) is 11.1 Å².